The number of ether oxygens (including phenoxy) is 1. The Morgan fingerprint density at radius 2 is 2.15 bits per heavy atom. The third kappa shape index (κ3) is 4.95. The highest BCUT2D eigenvalue weighted by Crippen LogP contribution is 2.20. The van der Waals surface area contributed by atoms with Gasteiger partial charge in [-0.3, -0.25) is 4.79 Å². The molecule has 5 nitrogen and oxygen atoms in total. The second-order valence-corrected chi connectivity index (χ2v) is 6.64. The largest absolute Gasteiger partial charge is 0.435 e. The van der Waals surface area contributed by atoms with E-state index >= 15 is 0 Å². The molecule has 3 rings (SSSR count). The number of nitrogens with zero attached hydrogens (tertiary/aromatic N) is 2. The van der Waals surface area contributed by atoms with Gasteiger partial charge in [-0.2, -0.15) is 8.78 Å². The molecule has 0 aliphatic carbocycles. The van der Waals surface area contributed by atoms with Crippen molar-refractivity contribution in [2.45, 2.75) is 19.3 Å². The molecule has 1 aromatic carbocycles. The highest BCUT2D eigenvalue weighted by Gasteiger charge is 2.08. The van der Waals surface area contributed by atoms with Crippen molar-refractivity contribution in [1.29, 1.82) is 0 Å². The van der Waals surface area contributed by atoms with E-state index in [4.69, 9.17) is 0 Å². The van der Waals surface area contributed by atoms with Crippen molar-refractivity contribution in [3.8, 4) is 5.75 Å². The lowest BCUT2D eigenvalue weighted by atomic mass is 10.3. The van der Waals surface area contributed by atoms with Crippen LogP contribution >= 0.6 is 11.8 Å². The van der Waals surface area contributed by atoms with Crippen molar-refractivity contribution in [2.24, 2.45) is 0 Å². The summed E-state index contributed by atoms with van der Waals surface area (Å²) in [6, 6.07) is 9.87. The number of anilines is 1. The lowest BCUT2D eigenvalue weighted by Gasteiger charge is -2.08. The predicted molar refractivity (Wildman–Crippen MR) is 97.8 cm³/mol. The van der Waals surface area contributed by atoms with E-state index in [1.807, 2.05) is 35.9 Å². The first-order valence-corrected chi connectivity index (χ1v) is 9.02. The molecule has 2 aromatic heterocycles. The Hall–Kier alpha value is -2.61. The van der Waals surface area contributed by atoms with Gasteiger partial charge in [-0.25, -0.2) is 4.98 Å². The molecule has 3 aromatic rings. The molecule has 0 bridgehead atoms. The minimum absolute atomic E-state index is 0.00504. The van der Waals surface area contributed by atoms with E-state index in [-0.39, 0.29) is 17.4 Å². The number of amides is 1. The molecule has 8 heteroatoms. The Bertz CT molecular complexity index is 914. The van der Waals surface area contributed by atoms with Gasteiger partial charge in [0.15, 0.2) is 0 Å². The Morgan fingerprint density at radius 3 is 2.96 bits per heavy atom. The van der Waals surface area contributed by atoms with Gasteiger partial charge in [0.2, 0.25) is 5.91 Å². The number of aromatic nitrogens is 2. The molecule has 0 aliphatic rings. The maximum absolute atomic E-state index is 12.2. The van der Waals surface area contributed by atoms with Crippen molar-refractivity contribution >= 4 is 29.0 Å². The van der Waals surface area contributed by atoms with Crippen LogP contribution in [0.2, 0.25) is 0 Å². The number of hydrogen-bond donors (Lipinski definition) is 1. The van der Waals surface area contributed by atoms with E-state index in [1.54, 1.807) is 12.1 Å². The van der Waals surface area contributed by atoms with Crippen molar-refractivity contribution in [3.63, 3.8) is 0 Å². The summed E-state index contributed by atoms with van der Waals surface area (Å²) in [6.07, 6.45) is 3.94. The zero-order chi connectivity index (χ0) is 18.5. The fourth-order valence-corrected chi connectivity index (χ4v) is 3.13. The molecule has 0 fully saturated rings. The van der Waals surface area contributed by atoms with Gasteiger partial charge in [0.1, 0.15) is 11.4 Å². The number of halogens is 2. The highest BCUT2D eigenvalue weighted by molar-refractivity contribution is 7.99. The molecule has 0 atom stereocenters. The smallest absolute Gasteiger partial charge is 0.387 e. The third-order valence-electron chi connectivity index (χ3n) is 3.47. The maximum atomic E-state index is 12.2. The Labute approximate surface area is 153 Å². The number of aryl methyl sites for hydroxylation is 1. The molecule has 26 heavy (non-hydrogen) atoms. The van der Waals surface area contributed by atoms with Gasteiger partial charge < -0.3 is 14.5 Å². The summed E-state index contributed by atoms with van der Waals surface area (Å²) in [5.74, 6) is 0.615. The summed E-state index contributed by atoms with van der Waals surface area (Å²) in [4.78, 5) is 16.5. The van der Waals surface area contributed by atoms with Crippen LogP contribution in [0, 0.1) is 6.92 Å². The molecule has 1 amide bonds. The molecule has 136 valence electrons. The summed E-state index contributed by atoms with van der Waals surface area (Å²) in [6.45, 7) is -0.884. The van der Waals surface area contributed by atoms with E-state index < -0.39 is 6.61 Å². The zero-order valence-corrected chi connectivity index (χ0v) is 14.8. The molecule has 0 radical (unpaired) electrons. The van der Waals surface area contributed by atoms with Crippen LogP contribution in [0.5, 0.6) is 5.75 Å². The second-order valence-electron chi connectivity index (χ2n) is 5.65. The van der Waals surface area contributed by atoms with Gasteiger partial charge in [-0.1, -0.05) is 12.1 Å². The van der Waals surface area contributed by atoms with Gasteiger partial charge in [0.25, 0.3) is 0 Å². The molecule has 0 aliphatic heterocycles. The van der Waals surface area contributed by atoms with Gasteiger partial charge in [0, 0.05) is 29.9 Å². The van der Waals surface area contributed by atoms with Crippen LogP contribution in [0.3, 0.4) is 0 Å². The number of fused-ring (bicyclic) bond motifs is 1. The Morgan fingerprint density at radius 1 is 1.31 bits per heavy atom. The van der Waals surface area contributed by atoms with Crippen LogP contribution < -0.4 is 10.1 Å². The minimum Gasteiger partial charge on any atom is -0.435 e. The number of benzene rings is 1. The number of thioether (sulfide) groups is 1. The number of hydrogen-bond acceptors (Lipinski definition) is 4. The SMILES string of the molecule is Cc1ccc2nc(CSCC(=O)Nc3cccc(OC(F)F)c3)cn2c1. The number of nitrogens with one attached hydrogen (secondary N) is 1. The van der Waals surface area contributed by atoms with E-state index in [9.17, 15) is 13.6 Å². The fraction of sp³-hybridized carbons (Fsp3) is 0.222. The molecule has 1 N–H and O–H groups in total. The second kappa shape index (κ2) is 8.18. The number of imidazole rings is 1. The van der Waals surface area contributed by atoms with Crippen LogP contribution in [-0.2, 0) is 10.5 Å². The van der Waals surface area contributed by atoms with Gasteiger partial charge in [-0.15, -0.1) is 11.8 Å². The summed E-state index contributed by atoms with van der Waals surface area (Å²) < 4.78 is 30.7. The molecule has 0 unspecified atom stereocenters. The third-order valence-corrected chi connectivity index (χ3v) is 4.44. The first-order chi connectivity index (χ1) is 12.5. The van der Waals surface area contributed by atoms with Crippen molar-refractivity contribution < 1.29 is 18.3 Å². The summed E-state index contributed by atoms with van der Waals surface area (Å²) in [7, 11) is 0. The Balaban J connectivity index is 1.50. The summed E-state index contributed by atoms with van der Waals surface area (Å²) >= 11 is 1.43. The molecular formula is C18H17F2N3O2S. The van der Waals surface area contributed by atoms with E-state index in [0.717, 1.165) is 16.9 Å². The van der Waals surface area contributed by atoms with Crippen LogP contribution in [0.1, 0.15) is 11.3 Å². The van der Waals surface area contributed by atoms with E-state index in [1.165, 1.54) is 23.9 Å². The maximum Gasteiger partial charge on any atom is 0.387 e. The van der Waals surface area contributed by atoms with Gasteiger partial charge in [-0.05, 0) is 30.7 Å². The first kappa shape index (κ1) is 18.2. The molecular weight excluding hydrogens is 360 g/mol. The molecule has 0 saturated heterocycles. The number of carbonyl (C=O) groups excluding carboxylic acids is 1. The standard InChI is InChI=1S/C18H17F2N3O2S/c1-12-5-6-16-21-14(9-23(16)8-12)10-26-11-17(24)22-13-3-2-4-15(7-13)25-18(19)20/h2-9,18H,10-11H2,1H3,(H,22,24). The minimum atomic E-state index is -2.90. The topological polar surface area (TPSA) is 55.6 Å². The summed E-state index contributed by atoms with van der Waals surface area (Å²) in [5, 5.41) is 2.67. The molecule has 2 heterocycles. The van der Waals surface area contributed by atoms with Crippen molar-refractivity contribution in [2.75, 3.05) is 11.1 Å². The fourth-order valence-electron chi connectivity index (χ4n) is 2.42. The lowest BCUT2D eigenvalue weighted by molar-refractivity contribution is -0.113. The average molecular weight is 377 g/mol. The summed E-state index contributed by atoms with van der Waals surface area (Å²) in [5.41, 5.74) is 3.32. The average Bonchev–Trinajstić information content (AvgIpc) is 2.96. The molecule has 0 saturated carbocycles. The monoisotopic (exact) mass is 377 g/mol. The number of alkyl halides is 2. The Kier molecular flexibility index (Phi) is 5.72. The van der Waals surface area contributed by atoms with Gasteiger partial charge in [0.05, 0.1) is 11.4 Å². The van der Waals surface area contributed by atoms with Gasteiger partial charge >= 0.3 is 6.61 Å². The van der Waals surface area contributed by atoms with E-state index in [0.29, 0.717) is 11.4 Å². The van der Waals surface area contributed by atoms with Crippen LogP contribution in [0.4, 0.5) is 14.5 Å². The number of carbonyl (C=O) groups is 1. The lowest BCUT2D eigenvalue weighted by Crippen LogP contribution is -2.14. The quantitative estimate of drug-likeness (QED) is 0.673. The molecule has 0 spiro atoms. The number of rotatable bonds is 7. The highest BCUT2D eigenvalue weighted by atomic mass is 32.2. The van der Waals surface area contributed by atoms with Crippen molar-refractivity contribution in [1.82, 2.24) is 9.38 Å². The van der Waals surface area contributed by atoms with Crippen LogP contribution in [0.15, 0.2) is 48.8 Å². The van der Waals surface area contributed by atoms with E-state index in [2.05, 4.69) is 15.0 Å². The number of pyridine rings is 1. The zero-order valence-electron chi connectivity index (χ0n) is 14.0. The first-order valence-electron chi connectivity index (χ1n) is 7.86. The normalized spacial score (nSPS) is 11.1. The van der Waals surface area contributed by atoms with Crippen molar-refractivity contribution in [3.05, 3.63) is 60.0 Å². The van der Waals surface area contributed by atoms with Crippen LogP contribution in [-0.4, -0.2) is 27.7 Å². The van der Waals surface area contributed by atoms with Crippen LogP contribution in [0.25, 0.3) is 5.65 Å². The predicted octanol–water partition coefficient (Wildman–Crippen LogP) is 4.12.